The predicted octanol–water partition coefficient (Wildman–Crippen LogP) is 4.23. The first-order chi connectivity index (χ1) is 7.39. The van der Waals surface area contributed by atoms with Crippen molar-refractivity contribution in [3.05, 3.63) is 0 Å². The number of rotatable bonds is 7. The zero-order valence-corrected chi connectivity index (χ0v) is 12.2. The van der Waals surface area contributed by atoms with Gasteiger partial charge in [-0.2, -0.15) is 0 Å². The number of unbranched alkanes of at least 4 members (excludes halogenated alkanes) is 1. The van der Waals surface area contributed by atoms with Gasteiger partial charge in [-0.05, 0) is 36.1 Å². The van der Waals surface area contributed by atoms with E-state index in [1.165, 1.54) is 32.2 Å². The molecule has 0 saturated heterocycles. The van der Waals surface area contributed by atoms with Crippen LogP contribution in [-0.2, 0) is 0 Å². The van der Waals surface area contributed by atoms with Crippen LogP contribution < -0.4 is 5.32 Å². The van der Waals surface area contributed by atoms with Gasteiger partial charge in [-0.1, -0.05) is 54.4 Å². The molecule has 1 atom stereocenters. The van der Waals surface area contributed by atoms with Crippen LogP contribution in [0.5, 0.6) is 0 Å². The summed E-state index contributed by atoms with van der Waals surface area (Å²) in [5.74, 6) is 0.859. The summed E-state index contributed by atoms with van der Waals surface area (Å²) in [6, 6.07) is 0.741. The van der Waals surface area contributed by atoms with E-state index < -0.39 is 0 Å². The molecule has 1 saturated carbocycles. The second-order valence-electron chi connectivity index (χ2n) is 6.62. The lowest BCUT2D eigenvalue weighted by Gasteiger charge is -2.20. The maximum absolute atomic E-state index is 3.78. The molecule has 0 aromatic rings. The molecule has 1 fully saturated rings. The van der Waals surface area contributed by atoms with Crippen molar-refractivity contribution in [3.63, 3.8) is 0 Å². The van der Waals surface area contributed by atoms with E-state index in [0.717, 1.165) is 12.0 Å². The molecule has 1 unspecified atom stereocenters. The van der Waals surface area contributed by atoms with Crippen molar-refractivity contribution in [2.75, 3.05) is 6.54 Å². The van der Waals surface area contributed by atoms with Gasteiger partial charge < -0.3 is 5.32 Å². The van der Waals surface area contributed by atoms with Crippen LogP contribution in [0.15, 0.2) is 0 Å². The summed E-state index contributed by atoms with van der Waals surface area (Å²) in [6.45, 7) is 15.5. The van der Waals surface area contributed by atoms with E-state index in [0.29, 0.717) is 10.8 Å². The molecular formula is C15H31N. The van der Waals surface area contributed by atoms with Crippen molar-refractivity contribution in [3.8, 4) is 0 Å². The van der Waals surface area contributed by atoms with Gasteiger partial charge in [0.05, 0.1) is 0 Å². The van der Waals surface area contributed by atoms with E-state index in [1.54, 1.807) is 0 Å². The normalized spacial score (nSPS) is 24.4. The zero-order valence-electron chi connectivity index (χ0n) is 12.2. The summed E-state index contributed by atoms with van der Waals surface area (Å²) >= 11 is 0. The first kappa shape index (κ1) is 14.0. The lowest BCUT2D eigenvalue weighted by atomic mass is 9.98. The Balaban J connectivity index is 2.57. The fourth-order valence-corrected chi connectivity index (χ4v) is 3.39. The third kappa shape index (κ3) is 2.45. The van der Waals surface area contributed by atoms with Crippen LogP contribution in [0, 0.1) is 16.7 Å². The van der Waals surface area contributed by atoms with Crippen LogP contribution in [-0.4, -0.2) is 12.6 Å². The van der Waals surface area contributed by atoms with E-state index in [4.69, 9.17) is 0 Å². The van der Waals surface area contributed by atoms with Crippen molar-refractivity contribution in [2.45, 2.75) is 73.3 Å². The number of nitrogens with one attached hydrogen (secondary N) is 1. The Morgan fingerprint density at radius 1 is 1.00 bits per heavy atom. The molecule has 0 aliphatic heterocycles. The van der Waals surface area contributed by atoms with Crippen molar-refractivity contribution >= 4 is 0 Å². The summed E-state index contributed by atoms with van der Waals surface area (Å²) in [4.78, 5) is 0. The maximum Gasteiger partial charge on any atom is 0.0106 e. The Kier molecular flexibility index (Phi) is 4.45. The van der Waals surface area contributed by atoms with Gasteiger partial charge in [0.2, 0.25) is 0 Å². The molecule has 1 N–H and O–H groups in total. The van der Waals surface area contributed by atoms with Crippen molar-refractivity contribution in [1.29, 1.82) is 0 Å². The minimum Gasteiger partial charge on any atom is -0.314 e. The summed E-state index contributed by atoms with van der Waals surface area (Å²) < 4.78 is 0. The summed E-state index contributed by atoms with van der Waals surface area (Å²) in [6.07, 6.45) is 5.28. The van der Waals surface area contributed by atoms with Gasteiger partial charge >= 0.3 is 0 Å². The third-order valence-electron chi connectivity index (χ3n) is 5.06. The molecule has 0 aromatic heterocycles. The molecule has 1 aliphatic carbocycles. The Hall–Kier alpha value is -0.0400. The summed E-state index contributed by atoms with van der Waals surface area (Å²) in [5.41, 5.74) is 1.04. The second kappa shape index (κ2) is 5.08. The molecule has 0 bridgehead atoms. The maximum atomic E-state index is 3.78. The molecule has 16 heavy (non-hydrogen) atoms. The molecule has 1 rings (SSSR count). The first-order valence-corrected chi connectivity index (χ1v) is 7.13. The van der Waals surface area contributed by atoms with Crippen molar-refractivity contribution in [1.82, 2.24) is 5.32 Å². The fraction of sp³-hybridized carbons (Fsp3) is 1.00. The quantitative estimate of drug-likeness (QED) is 0.684. The Bertz CT molecular complexity index is 195. The van der Waals surface area contributed by atoms with E-state index in [9.17, 15) is 0 Å². The Morgan fingerprint density at radius 2 is 1.56 bits per heavy atom. The minimum absolute atomic E-state index is 0.520. The van der Waals surface area contributed by atoms with Crippen LogP contribution in [0.25, 0.3) is 0 Å². The summed E-state index contributed by atoms with van der Waals surface area (Å²) in [7, 11) is 0. The Morgan fingerprint density at radius 3 is 1.94 bits per heavy atom. The first-order valence-electron chi connectivity index (χ1n) is 7.13. The zero-order chi connectivity index (χ0) is 12.4. The highest BCUT2D eigenvalue weighted by atomic mass is 15.0. The molecular weight excluding hydrogens is 194 g/mol. The smallest absolute Gasteiger partial charge is 0.0106 e. The van der Waals surface area contributed by atoms with E-state index >= 15 is 0 Å². The SMILES string of the molecule is CCCCC(NCCC)C1C(C)(C)C1(C)C. The molecule has 1 heteroatoms. The van der Waals surface area contributed by atoms with Gasteiger partial charge in [-0.15, -0.1) is 0 Å². The average molecular weight is 225 g/mol. The van der Waals surface area contributed by atoms with Gasteiger partial charge in [-0.3, -0.25) is 0 Å². The van der Waals surface area contributed by atoms with Crippen LogP contribution >= 0.6 is 0 Å². The van der Waals surface area contributed by atoms with E-state index in [2.05, 4.69) is 46.9 Å². The monoisotopic (exact) mass is 225 g/mol. The minimum atomic E-state index is 0.520. The fourth-order valence-electron chi connectivity index (χ4n) is 3.39. The third-order valence-corrected chi connectivity index (χ3v) is 5.06. The van der Waals surface area contributed by atoms with Crippen LogP contribution in [0.1, 0.15) is 67.2 Å². The molecule has 0 heterocycles. The molecule has 0 amide bonds. The highest BCUT2D eigenvalue weighted by Gasteiger charge is 2.66. The van der Waals surface area contributed by atoms with Crippen LogP contribution in [0.4, 0.5) is 0 Å². The van der Waals surface area contributed by atoms with Gasteiger partial charge in [0.25, 0.3) is 0 Å². The van der Waals surface area contributed by atoms with Crippen molar-refractivity contribution in [2.24, 2.45) is 16.7 Å². The highest BCUT2D eigenvalue weighted by Crippen LogP contribution is 2.70. The number of hydrogen-bond acceptors (Lipinski definition) is 1. The highest BCUT2D eigenvalue weighted by molar-refractivity contribution is 5.16. The average Bonchev–Trinajstić information content (AvgIpc) is 2.60. The lowest BCUT2D eigenvalue weighted by molar-refractivity contribution is 0.368. The van der Waals surface area contributed by atoms with Crippen LogP contribution in [0.2, 0.25) is 0 Å². The Labute approximate surface area is 102 Å². The molecule has 0 radical (unpaired) electrons. The standard InChI is InChI=1S/C15H31N/c1-7-9-10-12(16-11-8-2)13-14(3,4)15(13,5)6/h12-13,16H,7-11H2,1-6H3. The molecule has 0 spiro atoms. The second-order valence-corrected chi connectivity index (χ2v) is 6.62. The van der Waals surface area contributed by atoms with Gasteiger partial charge in [-0.25, -0.2) is 0 Å². The molecule has 1 nitrogen and oxygen atoms in total. The molecule has 1 aliphatic rings. The largest absolute Gasteiger partial charge is 0.314 e. The van der Waals surface area contributed by atoms with Crippen molar-refractivity contribution < 1.29 is 0 Å². The van der Waals surface area contributed by atoms with E-state index in [-0.39, 0.29) is 0 Å². The summed E-state index contributed by atoms with van der Waals surface area (Å²) in [5, 5.41) is 3.78. The molecule has 96 valence electrons. The van der Waals surface area contributed by atoms with E-state index in [1.807, 2.05) is 0 Å². The number of hydrogen-bond donors (Lipinski definition) is 1. The van der Waals surface area contributed by atoms with Gasteiger partial charge in [0, 0.05) is 6.04 Å². The predicted molar refractivity (Wildman–Crippen MR) is 72.7 cm³/mol. The van der Waals surface area contributed by atoms with Crippen LogP contribution in [0.3, 0.4) is 0 Å². The van der Waals surface area contributed by atoms with Gasteiger partial charge in [0.15, 0.2) is 0 Å². The topological polar surface area (TPSA) is 12.0 Å². The molecule has 0 aromatic carbocycles. The van der Waals surface area contributed by atoms with Gasteiger partial charge in [0.1, 0.15) is 0 Å². The lowest BCUT2D eigenvalue weighted by Crippen LogP contribution is -2.34.